The summed E-state index contributed by atoms with van der Waals surface area (Å²) in [4.78, 5) is 24.7. The SMILES string of the molecule is Cc1ccc(-c2cc3c(=O)n(CC(=O)NCCC(C)C)ccn3n2)cc1. The van der Waals surface area contributed by atoms with E-state index in [1.165, 1.54) is 10.1 Å². The Bertz CT molecular complexity index is 968. The molecule has 0 aliphatic heterocycles. The van der Waals surface area contributed by atoms with E-state index in [1.807, 2.05) is 31.2 Å². The highest BCUT2D eigenvalue weighted by Crippen LogP contribution is 2.18. The molecule has 26 heavy (non-hydrogen) atoms. The van der Waals surface area contributed by atoms with Crippen molar-refractivity contribution in [3.05, 3.63) is 58.6 Å². The third-order valence-corrected chi connectivity index (χ3v) is 4.31. The normalized spacial score (nSPS) is 11.2. The Morgan fingerprint density at radius 2 is 1.92 bits per heavy atom. The minimum Gasteiger partial charge on any atom is -0.355 e. The van der Waals surface area contributed by atoms with E-state index in [0.29, 0.717) is 18.0 Å². The molecule has 1 N–H and O–H groups in total. The fourth-order valence-electron chi connectivity index (χ4n) is 2.73. The Kier molecular flexibility index (Phi) is 5.21. The molecule has 0 atom stereocenters. The number of nitrogens with zero attached hydrogens (tertiary/aromatic N) is 3. The van der Waals surface area contributed by atoms with Crippen molar-refractivity contribution < 1.29 is 4.79 Å². The molecule has 0 unspecified atom stereocenters. The van der Waals surface area contributed by atoms with E-state index >= 15 is 0 Å². The number of carbonyl (C=O) groups excluding carboxylic acids is 1. The molecule has 0 aliphatic rings. The van der Waals surface area contributed by atoms with Gasteiger partial charge in [0.1, 0.15) is 12.1 Å². The first-order chi connectivity index (χ1) is 12.4. The summed E-state index contributed by atoms with van der Waals surface area (Å²) in [6.45, 7) is 6.88. The Labute approximate surface area is 152 Å². The summed E-state index contributed by atoms with van der Waals surface area (Å²) in [6, 6.07) is 9.76. The Morgan fingerprint density at radius 3 is 2.62 bits per heavy atom. The van der Waals surface area contributed by atoms with Crippen molar-refractivity contribution in [2.24, 2.45) is 5.92 Å². The predicted octanol–water partition coefficient (Wildman–Crippen LogP) is 2.63. The lowest BCUT2D eigenvalue weighted by atomic mass is 10.1. The first-order valence-corrected chi connectivity index (χ1v) is 8.86. The topological polar surface area (TPSA) is 68.4 Å². The number of hydrogen-bond acceptors (Lipinski definition) is 3. The molecule has 1 amide bonds. The first-order valence-electron chi connectivity index (χ1n) is 8.86. The van der Waals surface area contributed by atoms with Crippen LogP contribution in [0.1, 0.15) is 25.8 Å². The number of benzene rings is 1. The van der Waals surface area contributed by atoms with Gasteiger partial charge in [-0.05, 0) is 25.3 Å². The van der Waals surface area contributed by atoms with Crippen molar-refractivity contribution in [2.45, 2.75) is 33.7 Å². The minimum absolute atomic E-state index is 0.0124. The number of fused-ring (bicyclic) bond motifs is 1. The van der Waals surface area contributed by atoms with E-state index in [9.17, 15) is 9.59 Å². The Balaban J connectivity index is 1.81. The zero-order chi connectivity index (χ0) is 18.7. The standard InChI is InChI=1S/C20H24N4O2/c1-14(2)8-9-21-19(25)13-23-10-11-24-18(20(23)26)12-17(22-24)16-6-4-15(3)5-7-16/h4-7,10-12,14H,8-9,13H2,1-3H3,(H,21,25). The third kappa shape index (κ3) is 4.02. The molecule has 0 aliphatic carbocycles. The molecule has 0 saturated heterocycles. The largest absolute Gasteiger partial charge is 0.355 e. The maximum Gasteiger partial charge on any atom is 0.277 e. The molecule has 1 aromatic carbocycles. The summed E-state index contributed by atoms with van der Waals surface area (Å²) in [7, 11) is 0. The van der Waals surface area contributed by atoms with Crippen LogP contribution in [0.5, 0.6) is 0 Å². The van der Waals surface area contributed by atoms with Crippen LogP contribution in [-0.4, -0.2) is 26.6 Å². The molecule has 0 radical (unpaired) electrons. The van der Waals surface area contributed by atoms with Crippen molar-refractivity contribution >= 4 is 11.4 Å². The molecule has 6 nitrogen and oxygen atoms in total. The van der Waals surface area contributed by atoms with E-state index in [4.69, 9.17) is 0 Å². The van der Waals surface area contributed by atoms with Gasteiger partial charge in [0, 0.05) is 24.5 Å². The molecular formula is C20H24N4O2. The van der Waals surface area contributed by atoms with Gasteiger partial charge in [0.2, 0.25) is 5.91 Å². The quantitative estimate of drug-likeness (QED) is 0.741. The molecule has 0 fully saturated rings. The maximum absolute atomic E-state index is 12.7. The van der Waals surface area contributed by atoms with Gasteiger partial charge in [0.25, 0.3) is 5.56 Å². The van der Waals surface area contributed by atoms with Crippen LogP contribution in [0.4, 0.5) is 0 Å². The van der Waals surface area contributed by atoms with Crippen LogP contribution < -0.4 is 10.9 Å². The molecule has 3 aromatic rings. The highest BCUT2D eigenvalue weighted by atomic mass is 16.2. The van der Waals surface area contributed by atoms with Gasteiger partial charge in [-0.2, -0.15) is 5.10 Å². The van der Waals surface area contributed by atoms with E-state index in [0.717, 1.165) is 17.7 Å². The number of aromatic nitrogens is 3. The van der Waals surface area contributed by atoms with Gasteiger partial charge in [0.15, 0.2) is 0 Å². The van der Waals surface area contributed by atoms with Crippen molar-refractivity contribution in [1.82, 2.24) is 19.5 Å². The fourth-order valence-corrected chi connectivity index (χ4v) is 2.73. The van der Waals surface area contributed by atoms with Gasteiger partial charge in [0.05, 0.1) is 5.69 Å². The van der Waals surface area contributed by atoms with Gasteiger partial charge in [-0.15, -0.1) is 0 Å². The number of amides is 1. The summed E-state index contributed by atoms with van der Waals surface area (Å²) >= 11 is 0. The third-order valence-electron chi connectivity index (χ3n) is 4.31. The number of rotatable bonds is 6. The lowest BCUT2D eigenvalue weighted by molar-refractivity contribution is -0.121. The van der Waals surface area contributed by atoms with Gasteiger partial charge in [-0.1, -0.05) is 43.7 Å². The zero-order valence-electron chi connectivity index (χ0n) is 15.4. The van der Waals surface area contributed by atoms with E-state index in [2.05, 4.69) is 24.3 Å². The highest BCUT2D eigenvalue weighted by Gasteiger charge is 2.11. The molecule has 2 heterocycles. The van der Waals surface area contributed by atoms with Crippen LogP contribution in [0.25, 0.3) is 16.8 Å². The second-order valence-corrected chi connectivity index (χ2v) is 6.99. The summed E-state index contributed by atoms with van der Waals surface area (Å²) < 4.78 is 2.98. The van der Waals surface area contributed by atoms with Gasteiger partial charge < -0.3 is 9.88 Å². The van der Waals surface area contributed by atoms with E-state index < -0.39 is 0 Å². The minimum atomic E-state index is -0.225. The number of nitrogens with one attached hydrogen (secondary N) is 1. The van der Waals surface area contributed by atoms with Gasteiger partial charge in [-0.3, -0.25) is 9.59 Å². The second kappa shape index (κ2) is 7.56. The van der Waals surface area contributed by atoms with Crippen molar-refractivity contribution in [3.8, 4) is 11.3 Å². The monoisotopic (exact) mass is 352 g/mol. The molecule has 3 rings (SSSR count). The van der Waals surface area contributed by atoms with Crippen molar-refractivity contribution in [1.29, 1.82) is 0 Å². The molecule has 2 aromatic heterocycles. The smallest absolute Gasteiger partial charge is 0.277 e. The van der Waals surface area contributed by atoms with Crippen LogP contribution in [0.15, 0.2) is 47.5 Å². The number of carbonyl (C=O) groups is 1. The lowest BCUT2D eigenvalue weighted by Gasteiger charge is -2.08. The average Bonchev–Trinajstić information content (AvgIpc) is 3.03. The zero-order valence-corrected chi connectivity index (χ0v) is 15.4. The number of hydrogen-bond donors (Lipinski definition) is 1. The Hall–Kier alpha value is -2.89. The summed E-state index contributed by atoms with van der Waals surface area (Å²) in [5.41, 5.74) is 3.09. The van der Waals surface area contributed by atoms with E-state index in [1.54, 1.807) is 23.0 Å². The van der Waals surface area contributed by atoms with Crippen LogP contribution in [0.2, 0.25) is 0 Å². The molecule has 0 spiro atoms. The molecular weight excluding hydrogens is 328 g/mol. The average molecular weight is 352 g/mol. The van der Waals surface area contributed by atoms with Crippen molar-refractivity contribution in [2.75, 3.05) is 6.54 Å². The van der Waals surface area contributed by atoms with Crippen LogP contribution in [0.3, 0.4) is 0 Å². The lowest BCUT2D eigenvalue weighted by Crippen LogP contribution is -2.33. The molecule has 6 heteroatoms. The molecule has 0 bridgehead atoms. The summed E-state index contributed by atoms with van der Waals surface area (Å²) in [5.74, 6) is 0.372. The van der Waals surface area contributed by atoms with Crippen LogP contribution in [-0.2, 0) is 11.3 Å². The summed E-state index contributed by atoms with van der Waals surface area (Å²) in [6.07, 6.45) is 4.22. The second-order valence-electron chi connectivity index (χ2n) is 6.99. The summed E-state index contributed by atoms with van der Waals surface area (Å²) in [5, 5.41) is 7.32. The van der Waals surface area contributed by atoms with Crippen LogP contribution in [0, 0.1) is 12.8 Å². The van der Waals surface area contributed by atoms with Crippen molar-refractivity contribution in [3.63, 3.8) is 0 Å². The Morgan fingerprint density at radius 1 is 1.19 bits per heavy atom. The van der Waals surface area contributed by atoms with Crippen LogP contribution >= 0.6 is 0 Å². The fraction of sp³-hybridized carbons (Fsp3) is 0.350. The highest BCUT2D eigenvalue weighted by molar-refractivity contribution is 5.75. The first kappa shape index (κ1) is 17.9. The maximum atomic E-state index is 12.7. The van der Waals surface area contributed by atoms with Gasteiger partial charge >= 0.3 is 0 Å². The van der Waals surface area contributed by atoms with Gasteiger partial charge in [-0.25, -0.2) is 4.52 Å². The predicted molar refractivity (Wildman–Crippen MR) is 102 cm³/mol. The number of aryl methyl sites for hydroxylation is 1. The molecule has 136 valence electrons. The molecule has 0 saturated carbocycles. The van der Waals surface area contributed by atoms with E-state index in [-0.39, 0.29) is 18.0 Å².